The summed E-state index contributed by atoms with van der Waals surface area (Å²) in [5.41, 5.74) is 1.16. The Labute approximate surface area is 130 Å². The van der Waals surface area contributed by atoms with Crippen molar-refractivity contribution in [2.24, 2.45) is 0 Å². The molecule has 1 fully saturated rings. The van der Waals surface area contributed by atoms with Crippen LogP contribution in [0, 0.1) is 0 Å². The Morgan fingerprint density at radius 1 is 1.23 bits per heavy atom. The highest BCUT2D eigenvalue weighted by atomic mass is 16.5. The summed E-state index contributed by atoms with van der Waals surface area (Å²) in [5.74, 6) is 1.95. The molecule has 0 amide bonds. The number of hydrogen-bond acceptors (Lipinski definition) is 5. The third-order valence-corrected chi connectivity index (χ3v) is 4.32. The van der Waals surface area contributed by atoms with E-state index < -0.39 is 0 Å². The zero-order valence-corrected chi connectivity index (χ0v) is 12.7. The summed E-state index contributed by atoms with van der Waals surface area (Å²) in [6.07, 6.45) is 5.53. The Balaban J connectivity index is 1.60. The number of aromatic nitrogens is 2. The Morgan fingerprint density at radius 2 is 2.00 bits per heavy atom. The van der Waals surface area contributed by atoms with Gasteiger partial charge in [0.15, 0.2) is 5.82 Å². The van der Waals surface area contributed by atoms with Crippen molar-refractivity contribution in [3.63, 3.8) is 0 Å². The predicted octanol–water partition coefficient (Wildman–Crippen LogP) is 2.94. The molecule has 1 unspecified atom stereocenters. The lowest BCUT2D eigenvalue weighted by atomic mass is 10.0. The fourth-order valence-electron chi connectivity index (χ4n) is 3.10. The Kier molecular flexibility index (Phi) is 5.19. The average molecular weight is 301 g/mol. The number of nitrogens with one attached hydrogen (secondary N) is 1. The summed E-state index contributed by atoms with van der Waals surface area (Å²) < 4.78 is 5.36. The second kappa shape index (κ2) is 7.51. The first kappa shape index (κ1) is 15.2. The average Bonchev–Trinajstić information content (AvgIpc) is 3.23. The van der Waals surface area contributed by atoms with Gasteiger partial charge in [-0.25, -0.2) is 0 Å². The molecule has 1 aliphatic carbocycles. The van der Waals surface area contributed by atoms with Crippen LogP contribution in [0.4, 0.5) is 0 Å². The van der Waals surface area contributed by atoms with Gasteiger partial charge in [0.05, 0.1) is 6.54 Å². The molecule has 0 radical (unpaired) electrons. The van der Waals surface area contributed by atoms with Crippen LogP contribution < -0.4 is 5.32 Å². The number of aliphatic hydroxyl groups excluding tert-OH is 1. The van der Waals surface area contributed by atoms with Crippen molar-refractivity contribution >= 4 is 0 Å². The summed E-state index contributed by atoms with van der Waals surface area (Å²) >= 11 is 0. The van der Waals surface area contributed by atoms with E-state index in [9.17, 15) is 5.11 Å². The summed E-state index contributed by atoms with van der Waals surface area (Å²) in [4.78, 5) is 4.52. The SMILES string of the molecule is OCCC(NCc1nc(C2CCCC2)no1)c1ccccc1. The molecule has 1 heterocycles. The van der Waals surface area contributed by atoms with Gasteiger partial charge in [0, 0.05) is 18.6 Å². The monoisotopic (exact) mass is 301 g/mol. The van der Waals surface area contributed by atoms with Gasteiger partial charge in [-0.1, -0.05) is 48.3 Å². The number of rotatable bonds is 7. The molecule has 0 spiro atoms. The van der Waals surface area contributed by atoms with E-state index in [-0.39, 0.29) is 12.6 Å². The summed E-state index contributed by atoms with van der Waals surface area (Å²) in [7, 11) is 0. The zero-order chi connectivity index (χ0) is 15.2. The number of aliphatic hydroxyl groups is 1. The molecule has 1 saturated carbocycles. The van der Waals surface area contributed by atoms with E-state index in [2.05, 4.69) is 27.6 Å². The molecule has 1 aromatic heterocycles. The van der Waals surface area contributed by atoms with Crippen LogP contribution >= 0.6 is 0 Å². The van der Waals surface area contributed by atoms with E-state index in [1.54, 1.807) is 0 Å². The molecule has 1 atom stereocenters. The van der Waals surface area contributed by atoms with Crippen LogP contribution in [0.3, 0.4) is 0 Å². The molecule has 3 rings (SSSR count). The van der Waals surface area contributed by atoms with Gasteiger partial charge in [-0.15, -0.1) is 0 Å². The van der Waals surface area contributed by atoms with Crippen molar-refractivity contribution < 1.29 is 9.63 Å². The highest BCUT2D eigenvalue weighted by molar-refractivity contribution is 5.18. The smallest absolute Gasteiger partial charge is 0.240 e. The van der Waals surface area contributed by atoms with Crippen LogP contribution in [-0.2, 0) is 6.54 Å². The molecule has 22 heavy (non-hydrogen) atoms. The summed E-state index contributed by atoms with van der Waals surface area (Å²) in [6.45, 7) is 0.670. The Morgan fingerprint density at radius 3 is 2.73 bits per heavy atom. The van der Waals surface area contributed by atoms with Gasteiger partial charge in [-0.3, -0.25) is 0 Å². The topological polar surface area (TPSA) is 71.2 Å². The number of benzene rings is 1. The molecule has 1 aromatic carbocycles. The lowest BCUT2D eigenvalue weighted by Gasteiger charge is -2.17. The molecule has 2 N–H and O–H groups in total. The van der Waals surface area contributed by atoms with Crippen LogP contribution in [-0.4, -0.2) is 21.9 Å². The minimum atomic E-state index is 0.0908. The van der Waals surface area contributed by atoms with Crippen LogP contribution in [0.5, 0.6) is 0 Å². The minimum absolute atomic E-state index is 0.0908. The molecular weight excluding hydrogens is 278 g/mol. The summed E-state index contributed by atoms with van der Waals surface area (Å²) in [5, 5.41) is 16.8. The fraction of sp³-hybridized carbons (Fsp3) is 0.529. The molecule has 1 aliphatic rings. The van der Waals surface area contributed by atoms with Gasteiger partial charge in [0.25, 0.3) is 0 Å². The lowest BCUT2D eigenvalue weighted by Crippen LogP contribution is -2.22. The maximum Gasteiger partial charge on any atom is 0.240 e. The van der Waals surface area contributed by atoms with E-state index in [0.29, 0.717) is 24.8 Å². The van der Waals surface area contributed by atoms with Gasteiger partial charge in [-0.2, -0.15) is 4.98 Å². The highest BCUT2D eigenvalue weighted by Gasteiger charge is 2.22. The molecule has 0 bridgehead atoms. The van der Waals surface area contributed by atoms with E-state index in [1.807, 2.05) is 18.2 Å². The second-order valence-electron chi connectivity index (χ2n) is 5.88. The first-order chi connectivity index (χ1) is 10.9. The molecule has 0 saturated heterocycles. The van der Waals surface area contributed by atoms with Crippen molar-refractivity contribution in [3.8, 4) is 0 Å². The van der Waals surface area contributed by atoms with Crippen LogP contribution in [0.1, 0.15) is 61.3 Å². The van der Waals surface area contributed by atoms with Gasteiger partial charge in [0.1, 0.15) is 0 Å². The Hall–Kier alpha value is -1.72. The number of hydrogen-bond donors (Lipinski definition) is 2. The largest absolute Gasteiger partial charge is 0.396 e. The molecule has 5 nitrogen and oxygen atoms in total. The van der Waals surface area contributed by atoms with Crippen molar-refractivity contribution in [3.05, 3.63) is 47.6 Å². The van der Waals surface area contributed by atoms with E-state index >= 15 is 0 Å². The van der Waals surface area contributed by atoms with Crippen LogP contribution in [0.2, 0.25) is 0 Å². The van der Waals surface area contributed by atoms with E-state index in [0.717, 1.165) is 11.4 Å². The second-order valence-corrected chi connectivity index (χ2v) is 5.88. The van der Waals surface area contributed by atoms with Crippen LogP contribution in [0.25, 0.3) is 0 Å². The van der Waals surface area contributed by atoms with Gasteiger partial charge >= 0.3 is 0 Å². The van der Waals surface area contributed by atoms with Gasteiger partial charge < -0.3 is 14.9 Å². The molecule has 0 aliphatic heterocycles. The minimum Gasteiger partial charge on any atom is -0.396 e. The standard InChI is InChI=1S/C17H23N3O2/c21-11-10-15(13-6-2-1-3-7-13)18-12-16-19-17(20-22-16)14-8-4-5-9-14/h1-3,6-7,14-15,18,21H,4-5,8-12H2. The number of nitrogens with zero attached hydrogens (tertiary/aromatic N) is 2. The lowest BCUT2D eigenvalue weighted by molar-refractivity contribution is 0.261. The fourth-order valence-corrected chi connectivity index (χ4v) is 3.10. The maximum absolute atomic E-state index is 9.25. The third-order valence-electron chi connectivity index (χ3n) is 4.32. The van der Waals surface area contributed by atoms with Crippen molar-refractivity contribution in [1.29, 1.82) is 0 Å². The van der Waals surface area contributed by atoms with E-state index in [1.165, 1.54) is 25.7 Å². The maximum atomic E-state index is 9.25. The van der Waals surface area contributed by atoms with Gasteiger partial charge in [0.2, 0.25) is 5.89 Å². The quantitative estimate of drug-likeness (QED) is 0.822. The van der Waals surface area contributed by atoms with Crippen molar-refractivity contribution in [2.45, 2.75) is 50.6 Å². The van der Waals surface area contributed by atoms with Crippen molar-refractivity contribution in [1.82, 2.24) is 15.5 Å². The Bertz CT molecular complexity index is 564. The van der Waals surface area contributed by atoms with Gasteiger partial charge in [-0.05, 0) is 24.8 Å². The molecule has 2 aromatic rings. The first-order valence-corrected chi connectivity index (χ1v) is 8.08. The third kappa shape index (κ3) is 3.72. The van der Waals surface area contributed by atoms with Crippen molar-refractivity contribution in [2.75, 3.05) is 6.61 Å². The first-order valence-electron chi connectivity index (χ1n) is 8.08. The highest BCUT2D eigenvalue weighted by Crippen LogP contribution is 2.32. The van der Waals surface area contributed by atoms with E-state index in [4.69, 9.17) is 4.52 Å². The molecular formula is C17H23N3O2. The summed E-state index contributed by atoms with van der Waals surface area (Å²) in [6, 6.07) is 10.2. The zero-order valence-electron chi connectivity index (χ0n) is 12.7. The normalized spacial score (nSPS) is 17.0. The molecule has 118 valence electrons. The van der Waals surface area contributed by atoms with Crippen LogP contribution in [0.15, 0.2) is 34.9 Å². The molecule has 5 heteroatoms. The predicted molar refractivity (Wildman–Crippen MR) is 83.2 cm³/mol.